The van der Waals surface area contributed by atoms with Crippen LogP contribution < -0.4 is 5.32 Å². The number of furan rings is 1. The maximum atomic E-state index is 11.0. The van der Waals surface area contributed by atoms with Crippen LogP contribution in [0.15, 0.2) is 16.5 Å². The van der Waals surface area contributed by atoms with Crippen LogP contribution >= 0.6 is 11.3 Å². The number of allylic oxidation sites excluding steroid dienone is 1. The molecule has 0 aliphatic carbocycles. The van der Waals surface area contributed by atoms with E-state index < -0.39 is 4.92 Å². The van der Waals surface area contributed by atoms with Crippen molar-refractivity contribution in [2.75, 3.05) is 5.32 Å². The average molecular weight is 308 g/mol. The smallest absolute Gasteiger partial charge is 0.401 e. The first kappa shape index (κ1) is 14.9. The molecule has 8 nitrogen and oxygen atoms in total. The van der Waals surface area contributed by atoms with Gasteiger partial charge in [0.2, 0.25) is 11.0 Å². The van der Waals surface area contributed by atoms with Crippen LogP contribution in [-0.4, -0.2) is 21.0 Å². The molecule has 0 saturated carbocycles. The molecule has 1 amide bonds. The van der Waals surface area contributed by atoms with Gasteiger partial charge in [0.15, 0.2) is 0 Å². The molecule has 2 rings (SSSR count). The summed E-state index contributed by atoms with van der Waals surface area (Å²) in [6.45, 7) is 3.31. The van der Waals surface area contributed by atoms with Crippen LogP contribution in [0.4, 0.5) is 11.0 Å². The summed E-state index contributed by atoms with van der Waals surface area (Å²) >= 11 is 1.23. The van der Waals surface area contributed by atoms with E-state index in [9.17, 15) is 14.9 Å². The van der Waals surface area contributed by atoms with Crippen molar-refractivity contribution in [1.82, 2.24) is 10.2 Å². The molecule has 0 saturated heterocycles. The Morgan fingerprint density at radius 2 is 2.29 bits per heavy atom. The van der Waals surface area contributed by atoms with E-state index in [2.05, 4.69) is 15.5 Å². The van der Waals surface area contributed by atoms with Gasteiger partial charge in [-0.15, -0.1) is 10.2 Å². The summed E-state index contributed by atoms with van der Waals surface area (Å²) in [5.74, 6) is -0.163. The fourth-order valence-electron chi connectivity index (χ4n) is 1.56. The van der Waals surface area contributed by atoms with Gasteiger partial charge >= 0.3 is 5.88 Å². The fourth-order valence-corrected chi connectivity index (χ4v) is 2.43. The second kappa shape index (κ2) is 6.27. The van der Waals surface area contributed by atoms with Crippen LogP contribution in [0.3, 0.4) is 0 Å². The molecule has 0 atom stereocenters. The van der Waals surface area contributed by atoms with Gasteiger partial charge in [-0.3, -0.25) is 14.9 Å². The number of aromatic nitrogens is 2. The largest absolute Gasteiger partial charge is 0.433 e. The summed E-state index contributed by atoms with van der Waals surface area (Å²) in [5, 5.41) is 22.0. The molecule has 0 aromatic carbocycles. The Kier molecular flexibility index (Phi) is 4.43. The normalized spacial score (nSPS) is 11.4. The number of hydrogen-bond acceptors (Lipinski definition) is 7. The Bertz CT molecular complexity index is 704. The number of amides is 1. The van der Waals surface area contributed by atoms with Crippen LogP contribution in [0.1, 0.15) is 31.0 Å². The predicted molar refractivity (Wildman–Crippen MR) is 77.7 cm³/mol. The highest BCUT2D eigenvalue weighted by Gasteiger charge is 2.13. The first-order chi connectivity index (χ1) is 9.99. The van der Waals surface area contributed by atoms with Gasteiger partial charge in [0.1, 0.15) is 15.7 Å². The van der Waals surface area contributed by atoms with E-state index in [1.54, 1.807) is 6.08 Å². The number of carbonyl (C=O) groups excluding carboxylic acids is 1. The Labute approximate surface area is 123 Å². The van der Waals surface area contributed by atoms with Crippen LogP contribution in [0.2, 0.25) is 0 Å². The molecule has 0 bridgehead atoms. The minimum atomic E-state index is -0.594. The third-order valence-corrected chi connectivity index (χ3v) is 3.39. The lowest BCUT2D eigenvalue weighted by atomic mass is 10.2. The van der Waals surface area contributed by atoms with Crippen molar-refractivity contribution in [2.24, 2.45) is 0 Å². The Balaban J connectivity index is 2.25. The number of nitrogens with one attached hydrogen (secondary N) is 1. The van der Waals surface area contributed by atoms with Crippen LogP contribution in [-0.2, 0) is 4.79 Å². The van der Waals surface area contributed by atoms with Gasteiger partial charge in [-0.1, -0.05) is 18.3 Å². The van der Waals surface area contributed by atoms with Crippen molar-refractivity contribution < 1.29 is 14.1 Å². The average Bonchev–Trinajstić information content (AvgIpc) is 3.04. The van der Waals surface area contributed by atoms with Gasteiger partial charge in [-0.05, 0) is 24.1 Å². The van der Waals surface area contributed by atoms with E-state index in [1.807, 2.05) is 6.92 Å². The molecule has 21 heavy (non-hydrogen) atoms. The van der Waals surface area contributed by atoms with Crippen molar-refractivity contribution in [3.8, 4) is 0 Å². The molecule has 0 radical (unpaired) electrons. The lowest BCUT2D eigenvalue weighted by Crippen LogP contribution is -2.04. The van der Waals surface area contributed by atoms with E-state index >= 15 is 0 Å². The number of hydrogen-bond donors (Lipinski definition) is 1. The minimum absolute atomic E-state index is 0.221. The SMILES string of the molecule is CCC(=Cc1ccc([N+](=O)[O-])o1)c1nnc(NC(C)=O)s1. The quantitative estimate of drug-likeness (QED) is 0.671. The molecule has 0 aliphatic heterocycles. The summed E-state index contributed by atoms with van der Waals surface area (Å²) in [6, 6.07) is 2.81. The summed E-state index contributed by atoms with van der Waals surface area (Å²) < 4.78 is 5.08. The van der Waals surface area contributed by atoms with Gasteiger partial charge in [-0.2, -0.15) is 0 Å². The Morgan fingerprint density at radius 3 is 2.86 bits per heavy atom. The number of nitro groups is 1. The molecule has 0 unspecified atom stereocenters. The highest BCUT2D eigenvalue weighted by atomic mass is 32.1. The summed E-state index contributed by atoms with van der Waals surface area (Å²) in [6.07, 6.45) is 2.31. The van der Waals surface area contributed by atoms with Crippen LogP contribution in [0.5, 0.6) is 0 Å². The van der Waals surface area contributed by atoms with E-state index in [0.29, 0.717) is 22.3 Å². The van der Waals surface area contributed by atoms with Crippen LogP contribution in [0, 0.1) is 10.1 Å². The van der Waals surface area contributed by atoms with E-state index in [1.165, 1.54) is 30.4 Å². The monoisotopic (exact) mass is 308 g/mol. The third kappa shape index (κ3) is 3.72. The molecule has 0 aliphatic rings. The summed E-state index contributed by atoms with van der Waals surface area (Å²) in [4.78, 5) is 20.9. The topological polar surface area (TPSA) is 111 Å². The lowest BCUT2D eigenvalue weighted by molar-refractivity contribution is -0.402. The standard InChI is InChI=1S/C12H12N4O4S/c1-3-8(6-9-4-5-10(20-9)16(18)19)11-14-15-12(21-11)13-7(2)17/h4-6H,3H2,1-2H3,(H,13,15,17). The second-order valence-corrected chi connectivity index (χ2v) is 5.03. The first-order valence-corrected chi connectivity index (χ1v) is 6.87. The van der Waals surface area contributed by atoms with Crippen molar-refractivity contribution in [3.63, 3.8) is 0 Å². The van der Waals surface area contributed by atoms with Gasteiger partial charge < -0.3 is 9.73 Å². The molecule has 2 aromatic heterocycles. The zero-order valence-electron chi connectivity index (χ0n) is 11.3. The zero-order valence-corrected chi connectivity index (χ0v) is 12.1. The maximum Gasteiger partial charge on any atom is 0.433 e. The molecule has 2 heterocycles. The molecule has 0 spiro atoms. The van der Waals surface area contributed by atoms with Gasteiger partial charge in [0.25, 0.3) is 0 Å². The number of carbonyl (C=O) groups is 1. The van der Waals surface area contributed by atoms with Gasteiger partial charge in [-0.25, -0.2) is 0 Å². The number of nitrogens with zero attached hydrogens (tertiary/aromatic N) is 3. The van der Waals surface area contributed by atoms with Crippen molar-refractivity contribution in [3.05, 3.63) is 33.0 Å². The third-order valence-electron chi connectivity index (χ3n) is 2.47. The lowest BCUT2D eigenvalue weighted by Gasteiger charge is -1.97. The maximum absolute atomic E-state index is 11.0. The first-order valence-electron chi connectivity index (χ1n) is 6.06. The van der Waals surface area contributed by atoms with Crippen molar-refractivity contribution in [1.29, 1.82) is 0 Å². The van der Waals surface area contributed by atoms with Gasteiger partial charge in [0.05, 0.1) is 6.07 Å². The fraction of sp³-hybridized carbons (Fsp3) is 0.250. The molecule has 9 heteroatoms. The minimum Gasteiger partial charge on any atom is -0.401 e. The second-order valence-electron chi connectivity index (χ2n) is 4.05. The van der Waals surface area contributed by atoms with E-state index in [0.717, 1.165) is 5.57 Å². The number of anilines is 1. The molecule has 2 aromatic rings. The highest BCUT2D eigenvalue weighted by molar-refractivity contribution is 7.16. The highest BCUT2D eigenvalue weighted by Crippen LogP contribution is 2.28. The zero-order chi connectivity index (χ0) is 15.4. The summed E-state index contributed by atoms with van der Waals surface area (Å²) in [5.41, 5.74) is 0.813. The molecule has 0 fully saturated rings. The number of rotatable bonds is 5. The van der Waals surface area contributed by atoms with E-state index in [-0.39, 0.29) is 11.8 Å². The Morgan fingerprint density at radius 1 is 1.52 bits per heavy atom. The van der Waals surface area contributed by atoms with Gasteiger partial charge in [0, 0.05) is 6.92 Å². The van der Waals surface area contributed by atoms with Crippen molar-refractivity contribution in [2.45, 2.75) is 20.3 Å². The molecule has 1 N–H and O–H groups in total. The predicted octanol–water partition coefficient (Wildman–Crippen LogP) is 2.95. The molecule has 110 valence electrons. The van der Waals surface area contributed by atoms with Crippen molar-refractivity contribution >= 4 is 39.9 Å². The molecular formula is C12H12N4O4S. The molecular weight excluding hydrogens is 296 g/mol. The van der Waals surface area contributed by atoms with Crippen LogP contribution in [0.25, 0.3) is 11.6 Å². The summed E-state index contributed by atoms with van der Waals surface area (Å²) in [7, 11) is 0. The Hall–Kier alpha value is -2.55. The van der Waals surface area contributed by atoms with E-state index in [4.69, 9.17) is 4.42 Å².